The summed E-state index contributed by atoms with van der Waals surface area (Å²) in [6, 6.07) is 15.2. The topological polar surface area (TPSA) is 54.9 Å². The van der Waals surface area contributed by atoms with E-state index in [4.69, 9.17) is 21.1 Å². The number of methoxy groups -OCH3 is 1. The number of amides is 1. The predicted molar refractivity (Wildman–Crippen MR) is 126 cm³/mol. The van der Waals surface area contributed by atoms with Crippen molar-refractivity contribution in [2.24, 2.45) is 0 Å². The summed E-state index contributed by atoms with van der Waals surface area (Å²) < 4.78 is 11.6. The lowest BCUT2D eigenvalue weighted by molar-refractivity contribution is 0.0989. The van der Waals surface area contributed by atoms with Crippen LogP contribution in [0.2, 0.25) is 5.02 Å². The van der Waals surface area contributed by atoms with E-state index in [0.29, 0.717) is 40.9 Å². The number of hydrogen-bond donors (Lipinski definition) is 0. The molecule has 1 saturated heterocycles. The summed E-state index contributed by atoms with van der Waals surface area (Å²) in [7, 11) is 1.64. The van der Waals surface area contributed by atoms with Crippen molar-refractivity contribution in [2.45, 2.75) is 12.8 Å². The summed E-state index contributed by atoms with van der Waals surface area (Å²) in [5.74, 6) is 1.98. The molecule has 5 rings (SSSR count). The number of carbonyl (C=O) groups is 1. The van der Waals surface area contributed by atoms with Crippen molar-refractivity contribution in [3.05, 3.63) is 65.3 Å². The minimum absolute atomic E-state index is 0.113. The number of aromatic nitrogens is 1. The summed E-state index contributed by atoms with van der Waals surface area (Å²) in [5, 5.41) is 0.686. The van der Waals surface area contributed by atoms with E-state index >= 15 is 0 Å². The van der Waals surface area contributed by atoms with Gasteiger partial charge in [0.2, 0.25) is 0 Å². The fourth-order valence-corrected chi connectivity index (χ4v) is 4.40. The highest BCUT2D eigenvalue weighted by atomic mass is 35.5. The van der Waals surface area contributed by atoms with Crippen LogP contribution < -0.4 is 19.3 Å². The Morgan fingerprint density at radius 1 is 1.00 bits per heavy atom. The first-order valence-corrected chi connectivity index (χ1v) is 11.2. The molecule has 0 unspecified atom stereocenters. The first-order valence-electron chi connectivity index (χ1n) is 10.8. The lowest BCUT2D eigenvalue weighted by Gasteiger charge is -2.23. The van der Waals surface area contributed by atoms with Crippen molar-refractivity contribution in [1.82, 2.24) is 4.98 Å². The highest BCUT2D eigenvalue weighted by Crippen LogP contribution is 2.35. The molecular weight excluding hydrogens is 426 g/mol. The average Bonchev–Trinajstić information content (AvgIpc) is 3.31. The Kier molecular flexibility index (Phi) is 5.62. The number of nitrogens with zero attached hydrogens (tertiary/aromatic N) is 3. The zero-order valence-electron chi connectivity index (χ0n) is 17.9. The van der Waals surface area contributed by atoms with Crippen LogP contribution in [0.25, 0.3) is 11.1 Å². The van der Waals surface area contributed by atoms with Crippen molar-refractivity contribution in [3.8, 4) is 22.6 Å². The van der Waals surface area contributed by atoms with Crippen LogP contribution in [0.4, 0.5) is 11.5 Å². The smallest absolute Gasteiger partial charge is 0.262 e. The van der Waals surface area contributed by atoms with E-state index in [-0.39, 0.29) is 5.91 Å². The summed E-state index contributed by atoms with van der Waals surface area (Å²) in [4.78, 5) is 22.0. The van der Waals surface area contributed by atoms with Gasteiger partial charge in [-0.25, -0.2) is 4.98 Å². The molecule has 0 saturated carbocycles. The van der Waals surface area contributed by atoms with Crippen LogP contribution in [0.15, 0.2) is 54.7 Å². The lowest BCUT2D eigenvalue weighted by atomic mass is 10.0. The predicted octanol–water partition coefficient (Wildman–Crippen LogP) is 5.05. The third kappa shape index (κ3) is 3.86. The van der Waals surface area contributed by atoms with Gasteiger partial charge in [0, 0.05) is 24.2 Å². The molecule has 32 heavy (non-hydrogen) atoms. The highest BCUT2D eigenvalue weighted by Gasteiger charge is 2.27. The van der Waals surface area contributed by atoms with Gasteiger partial charge in [-0.05, 0) is 48.2 Å². The highest BCUT2D eigenvalue weighted by molar-refractivity contribution is 6.30. The second kappa shape index (κ2) is 8.71. The number of benzene rings is 2. The molecule has 0 bridgehead atoms. The summed E-state index contributed by atoms with van der Waals surface area (Å²) in [6.07, 6.45) is 4.06. The number of anilines is 2. The number of fused-ring (bicyclic) bond motifs is 1. The fourth-order valence-electron chi connectivity index (χ4n) is 4.27. The molecule has 2 aromatic carbocycles. The number of halogens is 1. The zero-order chi connectivity index (χ0) is 22.1. The van der Waals surface area contributed by atoms with Crippen LogP contribution >= 0.6 is 11.6 Å². The number of pyridine rings is 1. The molecule has 2 aliphatic heterocycles. The standard InChI is InChI=1S/C25H24ClN3O3/c1-31-23-15-20(16-27-24(23)28-10-2-3-11-28)29-12-13-32-22-14-18(6-9-21(22)25(29)30)17-4-7-19(26)8-5-17/h4-9,14-16H,2-3,10-13H2,1H3. The van der Waals surface area contributed by atoms with Gasteiger partial charge in [0.1, 0.15) is 12.4 Å². The van der Waals surface area contributed by atoms with Crippen LogP contribution in [0, 0.1) is 0 Å². The van der Waals surface area contributed by atoms with Crippen LogP contribution in [0.5, 0.6) is 11.5 Å². The van der Waals surface area contributed by atoms with E-state index in [9.17, 15) is 4.79 Å². The summed E-state index contributed by atoms with van der Waals surface area (Å²) in [5.41, 5.74) is 3.22. The third-order valence-corrected chi connectivity index (χ3v) is 6.21. The van der Waals surface area contributed by atoms with Gasteiger partial charge >= 0.3 is 0 Å². The van der Waals surface area contributed by atoms with Gasteiger partial charge < -0.3 is 19.3 Å². The van der Waals surface area contributed by atoms with Crippen molar-refractivity contribution in [1.29, 1.82) is 0 Å². The Morgan fingerprint density at radius 2 is 1.75 bits per heavy atom. The Hall–Kier alpha value is -3.25. The van der Waals surface area contributed by atoms with E-state index in [1.54, 1.807) is 18.2 Å². The van der Waals surface area contributed by atoms with Crippen LogP contribution in [-0.2, 0) is 0 Å². The van der Waals surface area contributed by atoms with Crippen LogP contribution in [0.1, 0.15) is 23.2 Å². The van der Waals surface area contributed by atoms with Gasteiger partial charge in [0.15, 0.2) is 11.6 Å². The average molecular weight is 450 g/mol. The normalized spacial score (nSPS) is 15.9. The van der Waals surface area contributed by atoms with Crippen LogP contribution in [0.3, 0.4) is 0 Å². The largest absolute Gasteiger partial charge is 0.493 e. The maximum Gasteiger partial charge on any atom is 0.262 e. The van der Waals surface area contributed by atoms with E-state index in [1.165, 1.54) is 0 Å². The SMILES string of the molecule is COc1cc(N2CCOc3cc(-c4ccc(Cl)cc4)ccc3C2=O)cnc1N1CCCC1. The van der Waals surface area contributed by atoms with E-state index < -0.39 is 0 Å². The number of rotatable bonds is 4. The molecule has 2 aliphatic rings. The van der Waals surface area contributed by atoms with Gasteiger partial charge in [-0.2, -0.15) is 0 Å². The maximum atomic E-state index is 13.4. The second-order valence-corrected chi connectivity index (χ2v) is 8.37. The molecule has 0 aliphatic carbocycles. The second-order valence-electron chi connectivity index (χ2n) is 7.94. The molecular formula is C25H24ClN3O3. The summed E-state index contributed by atoms with van der Waals surface area (Å²) in [6.45, 7) is 2.77. The number of ether oxygens (including phenoxy) is 2. The van der Waals surface area contributed by atoms with Gasteiger partial charge in [0.25, 0.3) is 5.91 Å². The lowest BCUT2D eigenvalue weighted by Crippen LogP contribution is -2.32. The molecule has 7 heteroatoms. The molecule has 1 amide bonds. The molecule has 6 nitrogen and oxygen atoms in total. The third-order valence-electron chi connectivity index (χ3n) is 5.96. The molecule has 0 spiro atoms. The minimum Gasteiger partial charge on any atom is -0.493 e. The van der Waals surface area contributed by atoms with Crippen molar-refractivity contribution < 1.29 is 14.3 Å². The van der Waals surface area contributed by atoms with Crippen LogP contribution in [-0.4, -0.2) is 44.2 Å². The van der Waals surface area contributed by atoms with Gasteiger partial charge in [-0.15, -0.1) is 0 Å². The first-order chi connectivity index (χ1) is 15.6. The molecule has 3 heterocycles. The minimum atomic E-state index is -0.113. The first kappa shape index (κ1) is 20.6. The van der Waals surface area contributed by atoms with E-state index in [1.807, 2.05) is 48.5 Å². The fraction of sp³-hybridized carbons (Fsp3) is 0.280. The van der Waals surface area contributed by atoms with Gasteiger partial charge in [-0.3, -0.25) is 4.79 Å². The van der Waals surface area contributed by atoms with E-state index in [2.05, 4.69) is 9.88 Å². The Balaban J connectivity index is 1.45. The molecule has 164 valence electrons. The molecule has 0 N–H and O–H groups in total. The van der Waals surface area contributed by atoms with E-state index in [0.717, 1.165) is 42.9 Å². The van der Waals surface area contributed by atoms with Crippen molar-refractivity contribution in [2.75, 3.05) is 43.2 Å². The molecule has 0 atom stereocenters. The zero-order valence-corrected chi connectivity index (χ0v) is 18.6. The quantitative estimate of drug-likeness (QED) is 0.558. The number of hydrogen-bond acceptors (Lipinski definition) is 5. The number of carbonyl (C=O) groups excluding carboxylic acids is 1. The maximum absolute atomic E-state index is 13.4. The van der Waals surface area contributed by atoms with Crippen molar-refractivity contribution >= 4 is 29.0 Å². The molecule has 0 radical (unpaired) electrons. The Labute approximate surface area is 192 Å². The Morgan fingerprint density at radius 3 is 2.50 bits per heavy atom. The molecule has 1 aromatic heterocycles. The molecule has 3 aromatic rings. The molecule has 1 fully saturated rings. The van der Waals surface area contributed by atoms with Crippen molar-refractivity contribution in [3.63, 3.8) is 0 Å². The summed E-state index contributed by atoms with van der Waals surface area (Å²) >= 11 is 6.01. The van der Waals surface area contributed by atoms with Gasteiger partial charge in [-0.1, -0.05) is 29.8 Å². The van der Waals surface area contributed by atoms with Gasteiger partial charge in [0.05, 0.1) is 31.1 Å². The monoisotopic (exact) mass is 449 g/mol. The Bertz CT molecular complexity index is 1140.